The first-order valence-corrected chi connectivity index (χ1v) is 5.44. The molecule has 2 aliphatic rings. The summed E-state index contributed by atoms with van der Waals surface area (Å²) >= 11 is 0. The second-order valence-corrected chi connectivity index (χ2v) is 4.37. The number of aromatic nitrogens is 4. The maximum absolute atomic E-state index is 11.9. The van der Waals surface area contributed by atoms with Crippen LogP contribution in [0.4, 0.5) is 0 Å². The molecule has 2 aliphatic heterocycles. The van der Waals surface area contributed by atoms with Crippen LogP contribution in [-0.4, -0.2) is 36.9 Å². The average Bonchev–Trinajstić information content (AvgIpc) is 2.79. The first kappa shape index (κ1) is 12.4. The molecule has 4 heterocycles. The second kappa shape index (κ2) is 4.19. The SMILES string of the molecule is O=c1c[c-]c2nnn3c2n1[C@H]1C[C@@H](O)[C@@H](C3)O1.[Y]. The molecular formula is C10H9N4O3Y-. The Morgan fingerprint density at radius 3 is 3.22 bits per heavy atom. The van der Waals surface area contributed by atoms with Crippen molar-refractivity contribution in [2.24, 2.45) is 0 Å². The minimum atomic E-state index is -0.566. The van der Waals surface area contributed by atoms with Gasteiger partial charge >= 0.3 is 0 Å². The summed E-state index contributed by atoms with van der Waals surface area (Å²) in [6, 6.07) is 4.13. The Kier molecular flexibility index (Phi) is 2.89. The van der Waals surface area contributed by atoms with E-state index >= 15 is 0 Å². The first-order valence-electron chi connectivity index (χ1n) is 5.44. The van der Waals surface area contributed by atoms with E-state index in [0.29, 0.717) is 24.1 Å². The fourth-order valence-corrected chi connectivity index (χ4v) is 2.55. The summed E-state index contributed by atoms with van der Waals surface area (Å²) in [7, 11) is 0. The molecule has 7 nitrogen and oxygen atoms in total. The third-order valence-corrected chi connectivity index (χ3v) is 3.35. The molecule has 2 aromatic heterocycles. The van der Waals surface area contributed by atoms with Gasteiger partial charge in [0.1, 0.15) is 17.9 Å². The molecule has 0 saturated carbocycles. The van der Waals surface area contributed by atoms with Crippen LogP contribution in [0.2, 0.25) is 0 Å². The normalized spacial score (nSPS) is 29.1. The van der Waals surface area contributed by atoms with Gasteiger partial charge in [-0.1, -0.05) is 5.21 Å². The molecule has 2 bridgehead atoms. The summed E-state index contributed by atoms with van der Waals surface area (Å²) in [5.41, 5.74) is 0.966. The molecule has 2 aromatic rings. The third-order valence-electron chi connectivity index (χ3n) is 3.35. The topological polar surface area (TPSA) is 82.2 Å². The standard InChI is InChI=1S/C10H9N4O3.Y/c15-6-3-9-14-8(16)2-1-5-10(14)13(12-11-5)4-7(6)17-9;/h2,6-7,9,15H,3-4H2;/q-1;/t6-,7-,9-;/m1./s1. The Balaban J connectivity index is 0.000001000. The zero-order valence-electron chi connectivity index (χ0n) is 9.35. The number of hydrogen-bond acceptors (Lipinski definition) is 5. The Morgan fingerprint density at radius 1 is 1.56 bits per heavy atom. The molecule has 91 valence electrons. The maximum Gasteiger partial charge on any atom is 0.139 e. The van der Waals surface area contributed by atoms with Gasteiger partial charge in [0, 0.05) is 44.6 Å². The number of aliphatic hydroxyl groups excluding tert-OH is 1. The van der Waals surface area contributed by atoms with Crippen molar-refractivity contribution < 1.29 is 42.6 Å². The molecule has 0 spiro atoms. The van der Waals surface area contributed by atoms with Crippen LogP contribution in [0.15, 0.2) is 10.9 Å². The van der Waals surface area contributed by atoms with Gasteiger partial charge in [-0.15, -0.1) is 12.1 Å². The number of pyridine rings is 1. The fraction of sp³-hybridized carbons (Fsp3) is 0.500. The second-order valence-electron chi connectivity index (χ2n) is 4.37. The van der Waals surface area contributed by atoms with E-state index in [4.69, 9.17) is 4.74 Å². The van der Waals surface area contributed by atoms with Gasteiger partial charge in [-0.05, 0) is 0 Å². The van der Waals surface area contributed by atoms with Gasteiger partial charge in [0.25, 0.3) is 0 Å². The number of aliphatic hydroxyl groups is 1. The average molecular weight is 322 g/mol. The van der Waals surface area contributed by atoms with E-state index in [0.717, 1.165) is 0 Å². The van der Waals surface area contributed by atoms with Crippen LogP contribution in [0, 0.1) is 6.07 Å². The summed E-state index contributed by atoms with van der Waals surface area (Å²) in [5.74, 6) is 0. The fourth-order valence-electron chi connectivity index (χ4n) is 2.55. The quantitative estimate of drug-likeness (QED) is 0.633. The van der Waals surface area contributed by atoms with Gasteiger partial charge in [-0.2, -0.15) is 5.10 Å². The number of rotatable bonds is 0. The minimum Gasteiger partial charge on any atom is -0.390 e. The van der Waals surface area contributed by atoms with Crippen LogP contribution < -0.4 is 5.56 Å². The van der Waals surface area contributed by atoms with E-state index in [1.807, 2.05) is 0 Å². The summed E-state index contributed by atoms with van der Waals surface area (Å²) in [5, 5.41) is 17.7. The first-order chi connectivity index (χ1) is 8.24. The van der Waals surface area contributed by atoms with Crippen molar-refractivity contribution in [2.45, 2.75) is 31.4 Å². The summed E-state index contributed by atoms with van der Waals surface area (Å²) in [6.45, 7) is 0.408. The van der Waals surface area contributed by atoms with E-state index in [-0.39, 0.29) is 44.4 Å². The zero-order chi connectivity index (χ0) is 11.6. The number of hydrogen-bond donors (Lipinski definition) is 1. The molecule has 1 radical (unpaired) electrons. The Morgan fingerprint density at radius 2 is 2.39 bits per heavy atom. The van der Waals surface area contributed by atoms with Crippen molar-refractivity contribution in [3.8, 4) is 0 Å². The van der Waals surface area contributed by atoms with Crippen molar-refractivity contribution in [1.29, 1.82) is 0 Å². The van der Waals surface area contributed by atoms with Gasteiger partial charge in [-0.3, -0.25) is 4.68 Å². The van der Waals surface area contributed by atoms with Crippen molar-refractivity contribution >= 4 is 11.2 Å². The van der Waals surface area contributed by atoms with Crippen molar-refractivity contribution in [1.82, 2.24) is 19.6 Å². The molecule has 0 amide bonds. The molecule has 1 N–H and O–H groups in total. The van der Waals surface area contributed by atoms with Gasteiger partial charge in [0.15, 0.2) is 0 Å². The van der Waals surface area contributed by atoms with Crippen LogP contribution in [0.25, 0.3) is 11.2 Å². The summed E-state index contributed by atoms with van der Waals surface area (Å²) in [4.78, 5) is 11.9. The molecule has 18 heavy (non-hydrogen) atoms. The van der Waals surface area contributed by atoms with Crippen molar-refractivity contribution in [3.63, 3.8) is 0 Å². The third kappa shape index (κ3) is 1.54. The molecule has 0 unspecified atom stereocenters. The van der Waals surface area contributed by atoms with Crippen LogP contribution in [0.5, 0.6) is 0 Å². The molecule has 4 rings (SSSR count). The van der Waals surface area contributed by atoms with Crippen LogP contribution in [0.3, 0.4) is 0 Å². The smallest absolute Gasteiger partial charge is 0.139 e. The molecule has 8 heteroatoms. The molecule has 0 aromatic carbocycles. The number of fused-ring (bicyclic) bond motifs is 3. The largest absolute Gasteiger partial charge is 0.390 e. The molecular weight excluding hydrogens is 313 g/mol. The van der Waals surface area contributed by atoms with Gasteiger partial charge in [0.05, 0.1) is 18.3 Å². The number of nitrogens with zero attached hydrogens (tertiary/aromatic N) is 4. The molecule has 1 saturated heterocycles. The molecule has 0 aliphatic carbocycles. The van der Waals surface area contributed by atoms with Crippen LogP contribution in [-0.2, 0) is 44.0 Å². The predicted molar refractivity (Wildman–Crippen MR) is 55.2 cm³/mol. The van der Waals surface area contributed by atoms with Gasteiger partial charge in [0.2, 0.25) is 0 Å². The molecule has 1 fully saturated rings. The molecule has 3 atom stereocenters. The Hall–Kier alpha value is -0.626. The van der Waals surface area contributed by atoms with Crippen LogP contribution in [0.1, 0.15) is 12.6 Å². The van der Waals surface area contributed by atoms with Crippen molar-refractivity contribution in [2.75, 3.05) is 0 Å². The van der Waals surface area contributed by atoms with Gasteiger partial charge in [-0.25, -0.2) is 0 Å². The summed E-state index contributed by atoms with van der Waals surface area (Å²) < 4.78 is 8.76. The summed E-state index contributed by atoms with van der Waals surface area (Å²) in [6.07, 6.45) is -0.901. The Labute approximate surface area is 127 Å². The Bertz CT molecular complexity index is 667. The monoisotopic (exact) mass is 322 g/mol. The predicted octanol–water partition coefficient (Wildman–Crippen LogP) is -0.947. The van der Waals surface area contributed by atoms with E-state index in [9.17, 15) is 9.90 Å². The van der Waals surface area contributed by atoms with Gasteiger partial charge < -0.3 is 19.2 Å². The van der Waals surface area contributed by atoms with E-state index in [2.05, 4.69) is 16.4 Å². The maximum atomic E-state index is 11.9. The van der Waals surface area contributed by atoms with Crippen LogP contribution >= 0.6 is 0 Å². The van der Waals surface area contributed by atoms with E-state index in [1.165, 1.54) is 10.6 Å². The minimum absolute atomic E-state index is 0. The number of ether oxygens (including phenoxy) is 1. The van der Waals surface area contributed by atoms with Crippen molar-refractivity contribution in [3.05, 3.63) is 22.5 Å². The van der Waals surface area contributed by atoms with E-state index in [1.54, 1.807) is 4.68 Å². The van der Waals surface area contributed by atoms with E-state index < -0.39 is 12.3 Å². The zero-order valence-corrected chi connectivity index (χ0v) is 12.2.